The van der Waals surface area contributed by atoms with Gasteiger partial charge in [-0.2, -0.15) is 0 Å². The van der Waals surface area contributed by atoms with Crippen LogP contribution in [-0.4, -0.2) is 12.5 Å². The first-order chi connectivity index (χ1) is 6.33. The van der Waals surface area contributed by atoms with Crippen molar-refractivity contribution in [1.82, 2.24) is 5.32 Å². The third-order valence-corrected chi connectivity index (χ3v) is 2.70. The summed E-state index contributed by atoms with van der Waals surface area (Å²) in [6, 6.07) is 0. The molecule has 75 valence electrons. The first-order valence-electron chi connectivity index (χ1n) is 5.39. The average Bonchev–Trinajstić information content (AvgIpc) is 2.57. The Balaban J connectivity index is 2.02. The third-order valence-electron chi connectivity index (χ3n) is 2.70. The summed E-state index contributed by atoms with van der Waals surface area (Å²) < 4.78 is 0. The second-order valence-corrected chi connectivity index (χ2v) is 3.91. The molecule has 0 aromatic heterocycles. The van der Waals surface area contributed by atoms with Crippen molar-refractivity contribution < 1.29 is 4.79 Å². The molecule has 0 atom stereocenters. The van der Waals surface area contributed by atoms with E-state index in [9.17, 15) is 4.79 Å². The van der Waals surface area contributed by atoms with Crippen LogP contribution in [0, 0.1) is 12.8 Å². The number of carbonyl (C=O) groups is 1. The second kappa shape index (κ2) is 6.01. The molecule has 0 aliphatic heterocycles. The summed E-state index contributed by atoms with van der Waals surface area (Å²) in [6.45, 7) is 4.54. The van der Waals surface area contributed by atoms with E-state index < -0.39 is 0 Å². The van der Waals surface area contributed by atoms with Crippen LogP contribution in [0.25, 0.3) is 0 Å². The number of nitrogens with one attached hydrogen (secondary N) is 1. The maximum atomic E-state index is 11.3. The molecule has 1 amide bonds. The minimum atomic E-state index is 0.236. The van der Waals surface area contributed by atoms with Crippen LogP contribution in [-0.2, 0) is 4.79 Å². The monoisotopic (exact) mass is 182 g/mol. The van der Waals surface area contributed by atoms with E-state index in [0.29, 0.717) is 5.92 Å². The number of rotatable bonds is 5. The van der Waals surface area contributed by atoms with Gasteiger partial charge in [0.15, 0.2) is 0 Å². The van der Waals surface area contributed by atoms with E-state index in [1.54, 1.807) is 0 Å². The third kappa shape index (κ3) is 4.30. The Hall–Kier alpha value is -0.530. The van der Waals surface area contributed by atoms with Crippen LogP contribution in [0.2, 0.25) is 0 Å². The molecule has 1 aliphatic rings. The Morgan fingerprint density at radius 2 is 2.08 bits per heavy atom. The number of hydrogen-bond donors (Lipinski definition) is 1. The molecule has 1 rings (SSSR count). The molecular formula is C11H20NO. The summed E-state index contributed by atoms with van der Waals surface area (Å²) in [5.41, 5.74) is 0. The van der Waals surface area contributed by atoms with Crippen LogP contribution in [0.3, 0.4) is 0 Å². The highest BCUT2D eigenvalue weighted by atomic mass is 16.1. The van der Waals surface area contributed by atoms with Gasteiger partial charge in [0, 0.05) is 13.0 Å². The van der Waals surface area contributed by atoms with Gasteiger partial charge in [-0.3, -0.25) is 4.79 Å². The first-order valence-corrected chi connectivity index (χ1v) is 5.39. The first kappa shape index (κ1) is 10.6. The van der Waals surface area contributed by atoms with E-state index in [2.05, 4.69) is 12.2 Å². The average molecular weight is 182 g/mol. The van der Waals surface area contributed by atoms with Gasteiger partial charge in [-0.05, 0) is 25.2 Å². The van der Waals surface area contributed by atoms with Crippen LogP contribution >= 0.6 is 0 Å². The maximum Gasteiger partial charge on any atom is 0.220 e. The number of amides is 1. The van der Waals surface area contributed by atoms with Crippen molar-refractivity contribution in [3.63, 3.8) is 0 Å². The zero-order valence-corrected chi connectivity index (χ0v) is 8.35. The van der Waals surface area contributed by atoms with E-state index in [4.69, 9.17) is 0 Å². The molecule has 1 saturated carbocycles. The molecule has 0 heterocycles. The number of carbonyl (C=O) groups excluding carboxylic acids is 1. The van der Waals surface area contributed by atoms with Gasteiger partial charge in [-0.15, -0.1) is 0 Å². The lowest BCUT2D eigenvalue weighted by Gasteiger charge is -2.08. The summed E-state index contributed by atoms with van der Waals surface area (Å²) >= 11 is 0. The minimum absolute atomic E-state index is 0.236. The van der Waals surface area contributed by atoms with Gasteiger partial charge in [0.05, 0.1) is 0 Å². The van der Waals surface area contributed by atoms with Gasteiger partial charge in [0.2, 0.25) is 5.91 Å². The fourth-order valence-corrected chi connectivity index (χ4v) is 1.90. The fourth-order valence-electron chi connectivity index (χ4n) is 1.90. The summed E-state index contributed by atoms with van der Waals surface area (Å²) in [7, 11) is 0. The van der Waals surface area contributed by atoms with Gasteiger partial charge < -0.3 is 5.32 Å². The SMILES string of the molecule is [CH2]CCCNC(=O)CC1CCCC1. The molecule has 1 N–H and O–H groups in total. The number of hydrogen-bond acceptors (Lipinski definition) is 1. The smallest absolute Gasteiger partial charge is 0.220 e. The standard InChI is InChI=1S/C11H20NO/c1-2-3-8-12-11(13)9-10-6-4-5-7-10/h10H,1-9H2,(H,12,13). The van der Waals surface area contributed by atoms with E-state index in [1.807, 2.05) is 0 Å². The van der Waals surface area contributed by atoms with E-state index >= 15 is 0 Å². The quantitative estimate of drug-likeness (QED) is 0.649. The van der Waals surface area contributed by atoms with Crippen molar-refractivity contribution in [2.24, 2.45) is 5.92 Å². The summed E-state index contributed by atoms with van der Waals surface area (Å²) in [5.74, 6) is 0.903. The molecule has 1 radical (unpaired) electrons. The van der Waals surface area contributed by atoms with Gasteiger partial charge in [0.1, 0.15) is 0 Å². The summed E-state index contributed by atoms with van der Waals surface area (Å²) in [4.78, 5) is 11.3. The highest BCUT2D eigenvalue weighted by Crippen LogP contribution is 2.27. The molecule has 0 unspecified atom stereocenters. The summed E-state index contributed by atoms with van der Waals surface area (Å²) in [5, 5.41) is 2.93. The predicted molar refractivity (Wildman–Crippen MR) is 54.2 cm³/mol. The van der Waals surface area contributed by atoms with E-state index in [1.165, 1.54) is 25.7 Å². The van der Waals surface area contributed by atoms with Crippen LogP contribution in [0.4, 0.5) is 0 Å². The van der Waals surface area contributed by atoms with Crippen molar-refractivity contribution in [3.05, 3.63) is 6.92 Å². The van der Waals surface area contributed by atoms with E-state index in [0.717, 1.165) is 25.8 Å². The molecular weight excluding hydrogens is 162 g/mol. The van der Waals surface area contributed by atoms with Gasteiger partial charge in [-0.1, -0.05) is 26.2 Å². The normalized spacial score (nSPS) is 17.6. The van der Waals surface area contributed by atoms with Gasteiger partial charge >= 0.3 is 0 Å². The topological polar surface area (TPSA) is 29.1 Å². The van der Waals surface area contributed by atoms with Gasteiger partial charge in [-0.25, -0.2) is 0 Å². The Kier molecular flexibility index (Phi) is 4.87. The molecule has 0 bridgehead atoms. The Labute approximate surface area is 81.1 Å². The predicted octanol–water partition coefficient (Wildman–Crippen LogP) is 2.30. The Bertz CT molecular complexity index is 150. The lowest BCUT2D eigenvalue weighted by Crippen LogP contribution is -2.25. The maximum absolute atomic E-state index is 11.3. The number of unbranched alkanes of at least 4 members (excludes halogenated alkanes) is 1. The largest absolute Gasteiger partial charge is 0.356 e. The zero-order valence-electron chi connectivity index (χ0n) is 8.35. The molecule has 2 nitrogen and oxygen atoms in total. The van der Waals surface area contributed by atoms with Crippen LogP contribution < -0.4 is 5.32 Å². The van der Waals surface area contributed by atoms with Crippen LogP contribution in [0.5, 0.6) is 0 Å². The van der Waals surface area contributed by atoms with Gasteiger partial charge in [0.25, 0.3) is 0 Å². The van der Waals surface area contributed by atoms with Crippen molar-refractivity contribution >= 4 is 5.91 Å². The Morgan fingerprint density at radius 3 is 2.69 bits per heavy atom. The molecule has 1 aliphatic carbocycles. The van der Waals surface area contributed by atoms with Crippen molar-refractivity contribution in [1.29, 1.82) is 0 Å². The molecule has 0 aromatic rings. The highest BCUT2D eigenvalue weighted by molar-refractivity contribution is 5.76. The molecule has 13 heavy (non-hydrogen) atoms. The van der Waals surface area contributed by atoms with E-state index in [-0.39, 0.29) is 5.91 Å². The van der Waals surface area contributed by atoms with Crippen molar-refractivity contribution in [3.8, 4) is 0 Å². The van der Waals surface area contributed by atoms with Crippen LogP contribution in [0.1, 0.15) is 44.9 Å². The fraction of sp³-hybridized carbons (Fsp3) is 0.818. The van der Waals surface area contributed by atoms with Crippen LogP contribution in [0.15, 0.2) is 0 Å². The Morgan fingerprint density at radius 1 is 1.38 bits per heavy atom. The molecule has 2 heteroatoms. The summed E-state index contributed by atoms with van der Waals surface area (Å²) in [6.07, 6.45) is 7.79. The second-order valence-electron chi connectivity index (χ2n) is 3.91. The van der Waals surface area contributed by atoms with Crippen molar-refractivity contribution in [2.75, 3.05) is 6.54 Å². The van der Waals surface area contributed by atoms with Crippen molar-refractivity contribution in [2.45, 2.75) is 44.9 Å². The lowest BCUT2D eigenvalue weighted by molar-refractivity contribution is -0.121. The molecule has 0 saturated heterocycles. The molecule has 0 aromatic carbocycles. The molecule has 1 fully saturated rings. The highest BCUT2D eigenvalue weighted by Gasteiger charge is 2.17. The lowest BCUT2D eigenvalue weighted by atomic mass is 10.0. The molecule has 0 spiro atoms. The zero-order chi connectivity index (χ0) is 9.52. The minimum Gasteiger partial charge on any atom is -0.356 e.